The number of nitrogens with zero attached hydrogens (tertiary/aromatic N) is 4. The summed E-state index contributed by atoms with van der Waals surface area (Å²) >= 11 is 1.40. The van der Waals surface area contributed by atoms with Crippen LogP contribution in [0.2, 0.25) is 0 Å². The van der Waals surface area contributed by atoms with E-state index in [1.807, 2.05) is 63.2 Å². The Morgan fingerprint density at radius 2 is 1.57 bits per heavy atom. The lowest BCUT2D eigenvalue weighted by Gasteiger charge is -2.15. The molecule has 0 bridgehead atoms. The molecule has 1 amide bonds. The Morgan fingerprint density at radius 1 is 0.967 bits per heavy atom. The summed E-state index contributed by atoms with van der Waals surface area (Å²) in [6.07, 6.45) is 0. The minimum Gasteiger partial charge on any atom is -0.299 e. The van der Waals surface area contributed by atoms with Gasteiger partial charge in [-0.3, -0.25) is 14.8 Å². The Balaban J connectivity index is 1.58. The first kappa shape index (κ1) is 20.0. The van der Waals surface area contributed by atoms with Gasteiger partial charge in [0, 0.05) is 5.69 Å². The van der Waals surface area contributed by atoms with Gasteiger partial charge in [0.1, 0.15) is 11.0 Å². The van der Waals surface area contributed by atoms with Gasteiger partial charge in [-0.05, 0) is 38.0 Å². The van der Waals surface area contributed by atoms with Crippen LogP contribution in [-0.2, 0) is 4.79 Å². The van der Waals surface area contributed by atoms with Crippen LogP contribution in [0.3, 0.4) is 0 Å². The maximum Gasteiger partial charge on any atom is 0.250 e. The minimum absolute atomic E-state index is 0.0380. The van der Waals surface area contributed by atoms with Crippen molar-refractivity contribution in [3.05, 3.63) is 94.3 Å². The molecule has 2 heterocycles. The fraction of sp³-hybridized carbons (Fsp3) is 0.217. The lowest BCUT2D eigenvalue weighted by Crippen LogP contribution is -2.25. The molecule has 30 heavy (non-hydrogen) atoms. The van der Waals surface area contributed by atoms with E-state index in [1.165, 1.54) is 11.3 Å². The molecule has 0 saturated heterocycles. The summed E-state index contributed by atoms with van der Waals surface area (Å²) < 4.78 is 1.73. The molecule has 1 atom stereocenters. The van der Waals surface area contributed by atoms with E-state index in [1.54, 1.807) is 4.68 Å². The molecule has 1 N–H and O–H groups in total. The van der Waals surface area contributed by atoms with Gasteiger partial charge in [0.15, 0.2) is 0 Å². The van der Waals surface area contributed by atoms with E-state index in [9.17, 15) is 4.79 Å². The maximum absolute atomic E-state index is 12.8. The molecule has 0 spiro atoms. The lowest BCUT2D eigenvalue weighted by atomic mass is 9.92. The molecule has 0 aliphatic rings. The predicted molar refractivity (Wildman–Crippen MR) is 119 cm³/mol. The van der Waals surface area contributed by atoms with E-state index in [0.717, 1.165) is 27.5 Å². The highest BCUT2D eigenvalue weighted by Crippen LogP contribution is 2.34. The van der Waals surface area contributed by atoms with Crippen LogP contribution in [0.4, 0.5) is 5.13 Å². The molecule has 2 aromatic carbocycles. The Kier molecular flexibility index (Phi) is 5.72. The molecule has 4 aromatic rings. The van der Waals surface area contributed by atoms with E-state index >= 15 is 0 Å². The van der Waals surface area contributed by atoms with E-state index in [4.69, 9.17) is 0 Å². The van der Waals surface area contributed by atoms with E-state index in [2.05, 4.69) is 44.9 Å². The van der Waals surface area contributed by atoms with Crippen LogP contribution in [0.25, 0.3) is 0 Å². The topological polar surface area (TPSA) is 72.7 Å². The van der Waals surface area contributed by atoms with Crippen molar-refractivity contribution < 1.29 is 4.79 Å². The van der Waals surface area contributed by atoms with E-state index < -0.39 is 6.04 Å². The number of nitrogens with one attached hydrogen (secondary N) is 1. The van der Waals surface area contributed by atoms with Gasteiger partial charge in [0.25, 0.3) is 5.91 Å². The molecule has 6 nitrogen and oxygen atoms in total. The van der Waals surface area contributed by atoms with E-state index in [-0.39, 0.29) is 11.8 Å². The first-order valence-corrected chi connectivity index (χ1v) is 10.6. The average molecular weight is 418 g/mol. The molecule has 0 fully saturated rings. The fourth-order valence-electron chi connectivity index (χ4n) is 3.53. The van der Waals surface area contributed by atoms with Crippen molar-refractivity contribution in [3.8, 4) is 0 Å². The average Bonchev–Trinajstić information content (AvgIpc) is 3.35. The molecule has 4 rings (SSSR count). The van der Waals surface area contributed by atoms with Crippen LogP contribution in [0.15, 0.2) is 66.7 Å². The second-order valence-electron chi connectivity index (χ2n) is 7.24. The van der Waals surface area contributed by atoms with Crippen molar-refractivity contribution in [3.63, 3.8) is 0 Å². The molecular weight excluding hydrogens is 394 g/mol. The van der Waals surface area contributed by atoms with Crippen LogP contribution in [0, 0.1) is 13.8 Å². The third-order valence-electron chi connectivity index (χ3n) is 4.97. The molecule has 0 aliphatic heterocycles. The summed E-state index contributed by atoms with van der Waals surface area (Å²) in [7, 11) is 0. The quantitative estimate of drug-likeness (QED) is 0.492. The van der Waals surface area contributed by atoms with Gasteiger partial charge in [-0.15, -0.1) is 10.2 Å². The number of benzene rings is 2. The number of hydrogen-bond donors (Lipinski definition) is 1. The molecule has 152 valence electrons. The number of aromatic nitrogens is 4. The molecule has 0 aliphatic carbocycles. The monoisotopic (exact) mass is 417 g/mol. The van der Waals surface area contributed by atoms with Gasteiger partial charge in [-0.2, -0.15) is 5.10 Å². The highest BCUT2D eigenvalue weighted by molar-refractivity contribution is 7.15. The standard InChI is InChI=1S/C23H23N5OS/c1-15-14-16(2)28(27-15)17(3)21(29)24-23-26-25-22(30-23)20(18-10-6-4-7-11-18)19-12-8-5-9-13-19/h4-14,17,20H,1-3H3,(H,24,26,29)/t17-/m0/s1. The molecule has 0 radical (unpaired) electrons. The summed E-state index contributed by atoms with van der Waals surface area (Å²) in [6.45, 7) is 5.68. The van der Waals surface area contributed by atoms with Gasteiger partial charge in [-0.25, -0.2) is 0 Å². The number of carbonyl (C=O) groups is 1. The Labute approximate surface area is 179 Å². The highest BCUT2D eigenvalue weighted by atomic mass is 32.1. The van der Waals surface area contributed by atoms with Crippen LogP contribution >= 0.6 is 11.3 Å². The zero-order valence-electron chi connectivity index (χ0n) is 17.1. The molecule has 2 aromatic heterocycles. The SMILES string of the molecule is Cc1cc(C)n([C@@H](C)C(=O)Nc2nnc(C(c3ccccc3)c3ccccc3)s2)n1. The molecular formula is C23H23N5OS. The molecule has 0 unspecified atom stereocenters. The summed E-state index contributed by atoms with van der Waals surface area (Å²) in [5.74, 6) is -0.205. The number of hydrogen-bond acceptors (Lipinski definition) is 5. The van der Waals surface area contributed by atoms with Crippen LogP contribution < -0.4 is 5.32 Å². The van der Waals surface area contributed by atoms with Gasteiger partial charge in [-0.1, -0.05) is 72.0 Å². The zero-order valence-corrected chi connectivity index (χ0v) is 17.9. The van der Waals surface area contributed by atoms with Crippen LogP contribution in [-0.4, -0.2) is 25.9 Å². The first-order valence-electron chi connectivity index (χ1n) is 9.80. The molecule has 7 heteroatoms. The lowest BCUT2D eigenvalue weighted by molar-refractivity contribution is -0.119. The van der Waals surface area contributed by atoms with Crippen molar-refractivity contribution in [2.75, 3.05) is 5.32 Å². The van der Waals surface area contributed by atoms with Gasteiger partial charge in [0.05, 0.1) is 11.6 Å². The number of aryl methyl sites for hydroxylation is 2. The summed E-state index contributed by atoms with van der Waals surface area (Å²) in [4.78, 5) is 12.8. The van der Waals surface area contributed by atoms with Crippen LogP contribution in [0.1, 0.15) is 46.4 Å². The van der Waals surface area contributed by atoms with Gasteiger partial charge < -0.3 is 0 Å². The van der Waals surface area contributed by atoms with Crippen molar-refractivity contribution in [2.45, 2.75) is 32.7 Å². The first-order chi connectivity index (χ1) is 14.5. The summed E-state index contributed by atoms with van der Waals surface area (Å²) in [6, 6.07) is 21.9. The van der Waals surface area contributed by atoms with E-state index in [0.29, 0.717) is 5.13 Å². The van der Waals surface area contributed by atoms with Crippen LogP contribution in [0.5, 0.6) is 0 Å². The van der Waals surface area contributed by atoms with Crippen molar-refractivity contribution in [2.24, 2.45) is 0 Å². The smallest absolute Gasteiger partial charge is 0.250 e. The second-order valence-corrected chi connectivity index (χ2v) is 8.25. The Morgan fingerprint density at radius 3 is 2.10 bits per heavy atom. The summed E-state index contributed by atoms with van der Waals surface area (Å²) in [5, 5.41) is 17.3. The second kappa shape index (κ2) is 8.59. The van der Waals surface area contributed by atoms with Gasteiger partial charge >= 0.3 is 0 Å². The van der Waals surface area contributed by atoms with Gasteiger partial charge in [0.2, 0.25) is 5.13 Å². The maximum atomic E-state index is 12.8. The third kappa shape index (κ3) is 4.16. The Bertz CT molecular complexity index is 1100. The number of carbonyl (C=O) groups excluding carboxylic acids is 1. The normalized spacial score (nSPS) is 12.1. The van der Waals surface area contributed by atoms with Crippen molar-refractivity contribution in [1.82, 2.24) is 20.0 Å². The van der Waals surface area contributed by atoms with Crippen molar-refractivity contribution in [1.29, 1.82) is 0 Å². The Hall–Kier alpha value is -3.32. The fourth-order valence-corrected chi connectivity index (χ4v) is 4.43. The third-order valence-corrected chi connectivity index (χ3v) is 5.88. The summed E-state index contributed by atoms with van der Waals surface area (Å²) in [5.41, 5.74) is 4.10. The molecule has 0 saturated carbocycles. The van der Waals surface area contributed by atoms with Crippen molar-refractivity contribution >= 4 is 22.4 Å². The number of anilines is 1. The number of rotatable bonds is 6. The highest BCUT2D eigenvalue weighted by Gasteiger charge is 2.23. The number of amides is 1. The largest absolute Gasteiger partial charge is 0.299 e. The minimum atomic E-state index is -0.440. The predicted octanol–water partition coefficient (Wildman–Crippen LogP) is 4.73. The zero-order chi connectivity index (χ0) is 21.1.